The Morgan fingerprint density at radius 2 is 1.88 bits per heavy atom. The minimum atomic E-state index is -4.09. The van der Waals surface area contributed by atoms with Gasteiger partial charge in [0, 0.05) is 13.1 Å². The first-order valence-electron chi connectivity index (χ1n) is 4.78. The van der Waals surface area contributed by atoms with Gasteiger partial charge in [0.2, 0.25) is 0 Å². The second kappa shape index (κ2) is 4.37. The fraction of sp³-hybridized carbons (Fsp3) is 0.750. The number of piperidine rings is 1. The van der Waals surface area contributed by atoms with Gasteiger partial charge in [-0.2, -0.15) is 21.9 Å². The molecule has 1 aliphatic heterocycles. The first-order chi connectivity index (χ1) is 7.48. The molecular formula is C8H9ClF3N3S. The molecule has 90 valence electrons. The predicted octanol–water partition coefficient (Wildman–Crippen LogP) is 2.97. The summed E-state index contributed by atoms with van der Waals surface area (Å²) >= 11 is 6.74. The summed E-state index contributed by atoms with van der Waals surface area (Å²) in [6, 6.07) is 0. The molecule has 0 N–H and O–H groups in total. The molecule has 1 saturated heterocycles. The highest BCUT2D eigenvalue weighted by Gasteiger charge is 2.41. The lowest BCUT2D eigenvalue weighted by atomic mass is 9.96. The smallest absolute Gasteiger partial charge is 0.353 e. The van der Waals surface area contributed by atoms with E-state index in [9.17, 15) is 13.2 Å². The lowest BCUT2D eigenvalue weighted by Crippen LogP contribution is -2.39. The molecule has 1 aliphatic rings. The van der Waals surface area contributed by atoms with E-state index >= 15 is 0 Å². The molecule has 0 aliphatic carbocycles. The lowest BCUT2D eigenvalue weighted by molar-refractivity contribution is -0.179. The fourth-order valence-corrected chi connectivity index (χ4v) is 2.56. The molecule has 0 amide bonds. The van der Waals surface area contributed by atoms with Gasteiger partial charge in [-0.1, -0.05) is 11.6 Å². The summed E-state index contributed by atoms with van der Waals surface area (Å²) in [5, 5.41) is 0.274. The molecule has 1 aromatic rings. The number of hydrogen-bond donors (Lipinski definition) is 0. The van der Waals surface area contributed by atoms with Gasteiger partial charge >= 0.3 is 6.18 Å². The van der Waals surface area contributed by atoms with Crippen molar-refractivity contribution in [3.8, 4) is 0 Å². The van der Waals surface area contributed by atoms with Gasteiger partial charge in [0.1, 0.15) is 0 Å². The Balaban J connectivity index is 1.98. The first-order valence-corrected chi connectivity index (χ1v) is 5.89. The van der Waals surface area contributed by atoms with E-state index in [-0.39, 0.29) is 18.0 Å². The van der Waals surface area contributed by atoms with Crippen molar-refractivity contribution < 1.29 is 13.2 Å². The molecule has 16 heavy (non-hydrogen) atoms. The molecule has 0 spiro atoms. The number of alkyl halides is 3. The Hall–Kier alpha value is -0.560. The van der Waals surface area contributed by atoms with E-state index < -0.39 is 12.1 Å². The Kier molecular flexibility index (Phi) is 3.25. The van der Waals surface area contributed by atoms with Crippen molar-refractivity contribution in [3.05, 3.63) is 5.15 Å². The van der Waals surface area contributed by atoms with Gasteiger partial charge in [0.05, 0.1) is 17.6 Å². The summed E-state index contributed by atoms with van der Waals surface area (Å²) in [4.78, 5) is 1.76. The molecule has 0 saturated carbocycles. The van der Waals surface area contributed by atoms with Crippen LogP contribution < -0.4 is 4.90 Å². The molecule has 3 nitrogen and oxygen atoms in total. The van der Waals surface area contributed by atoms with Gasteiger partial charge in [-0.15, -0.1) is 0 Å². The number of nitrogens with zero attached hydrogens (tertiary/aromatic N) is 3. The third kappa shape index (κ3) is 2.40. The maximum atomic E-state index is 12.4. The highest BCUT2D eigenvalue weighted by atomic mass is 35.5. The lowest BCUT2D eigenvalue weighted by Gasteiger charge is -2.32. The van der Waals surface area contributed by atoms with Crippen molar-refractivity contribution in [3.63, 3.8) is 0 Å². The first kappa shape index (κ1) is 11.9. The molecule has 2 rings (SSSR count). The standard InChI is InChI=1S/C8H9ClF3N3S/c9-6-7(14-16-13-6)15-3-1-5(2-4-15)8(10,11)12/h5H,1-4H2. The Bertz CT molecular complexity index is 360. The average molecular weight is 272 g/mol. The summed E-state index contributed by atoms with van der Waals surface area (Å²) in [5.41, 5.74) is 0. The van der Waals surface area contributed by atoms with E-state index in [0.717, 1.165) is 11.7 Å². The molecule has 1 fully saturated rings. The largest absolute Gasteiger partial charge is 0.391 e. The topological polar surface area (TPSA) is 29.0 Å². The minimum Gasteiger partial charge on any atom is -0.353 e. The van der Waals surface area contributed by atoms with Crippen LogP contribution in [0, 0.1) is 5.92 Å². The zero-order chi connectivity index (χ0) is 11.8. The molecule has 8 heteroatoms. The second-order valence-corrected chi connectivity index (χ2v) is 4.57. The van der Waals surface area contributed by atoms with Crippen LogP contribution in [0.25, 0.3) is 0 Å². The van der Waals surface area contributed by atoms with E-state index in [1.807, 2.05) is 0 Å². The maximum absolute atomic E-state index is 12.4. The van der Waals surface area contributed by atoms with Crippen LogP contribution >= 0.6 is 23.3 Å². The number of rotatable bonds is 1. The summed E-state index contributed by atoms with van der Waals surface area (Å²) in [5.74, 6) is -0.693. The van der Waals surface area contributed by atoms with Crippen LogP contribution in [0.4, 0.5) is 19.0 Å². The SMILES string of the molecule is FC(F)(F)C1CCN(c2nsnc2Cl)CC1. The van der Waals surface area contributed by atoms with Gasteiger partial charge in [-0.3, -0.25) is 0 Å². The zero-order valence-corrected chi connectivity index (χ0v) is 9.74. The molecular weight excluding hydrogens is 263 g/mol. The van der Waals surface area contributed by atoms with Crippen molar-refractivity contribution in [1.29, 1.82) is 0 Å². The summed E-state index contributed by atoms with van der Waals surface area (Å²) in [7, 11) is 0. The molecule has 1 aromatic heterocycles. The van der Waals surface area contributed by atoms with Crippen molar-refractivity contribution in [2.45, 2.75) is 19.0 Å². The molecule has 2 heterocycles. The van der Waals surface area contributed by atoms with Gasteiger partial charge in [0.25, 0.3) is 0 Å². The van der Waals surface area contributed by atoms with Crippen LogP contribution in [-0.2, 0) is 0 Å². The van der Waals surface area contributed by atoms with Crippen LogP contribution in [0.3, 0.4) is 0 Å². The van der Waals surface area contributed by atoms with E-state index in [1.54, 1.807) is 4.90 Å². The molecule has 0 radical (unpaired) electrons. The van der Waals surface area contributed by atoms with Crippen molar-refractivity contribution in [2.24, 2.45) is 5.92 Å². The average Bonchev–Trinajstić information content (AvgIpc) is 2.63. The van der Waals surface area contributed by atoms with Crippen molar-refractivity contribution >= 4 is 29.1 Å². The van der Waals surface area contributed by atoms with Crippen molar-refractivity contribution in [1.82, 2.24) is 8.75 Å². The summed E-state index contributed by atoms with van der Waals surface area (Å²) in [6.45, 7) is 0.657. The molecule has 0 aromatic carbocycles. The highest BCUT2D eigenvalue weighted by Crippen LogP contribution is 2.36. The summed E-state index contributed by atoms with van der Waals surface area (Å²) in [6.07, 6.45) is -3.90. The summed E-state index contributed by atoms with van der Waals surface area (Å²) < 4.78 is 45.0. The van der Waals surface area contributed by atoms with E-state index in [1.165, 1.54) is 0 Å². The Morgan fingerprint density at radius 1 is 1.25 bits per heavy atom. The van der Waals surface area contributed by atoms with E-state index in [0.29, 0.717) is 18.9 Å². The third-order valence-corrected chi connectivity index (χ3v) is 3.56. The van der Waals surface area contributed by atoms with E-state index in [2.05, 4.69) is 8.75 Å². The number of hydrogen-bond acceptors (Lipinski definition) is 4. The third-order valence-electron chi connectivity index (χ3n) is 2.69. The minimum absolute atomic E-state index is 0.0946. The van der Waals surface area contributed by atoms with Crippen LogP contribution in [-0.4, -0.2) is 28.0 Å². The van der Waals surface area contributed by atoms with Crippen LogP contribution in [0.1, 0.15) is 12.8 Å². The fourth-order valence-electron chi connectivity index (χ4n) is 1.78. The van der Waals surface area contributed by atoms with Gasteiger partial charge in [-0.05, 0) is 12.8 Å². The number of halogens is 4. The number of aromatic nitrogens is 2. The molecule has 0 bridgehead atoms. The Labute approximate surface area is 99.5 Å². The maximum Gasteiger partial charge on any atom is 0.391 e. The van der Waals surface area contributed by atoms with Crippen LogP contribution in [0.5, 0.6) is 0 Å². The van der Waals surface area contributed by atoms with Gasteiger partial charge in [-0.25, -0.2) is 0 Å². The predicted molar refractivity (Wildman–Crippen MR) is 55.9 cm³/mol. The van der Waals surface area contributed by atoms with Gasteiger partial charge < -0.3 is 4.90 Å². The molecule has 0 atom stereocenters. The van der Waals surface area contributed by atoms with Gasteiger partial charge in [0.15, 0.2) is 11.0 Å². The van der Waals surface area contributed by atoms with Crippen molar-refractivity contribution in [2.75, 3.05) is 18.0 Å². The van der Waals surface area contributed by atoms with Crippen LogP contribution in [0.2, 0.25) is 5.15 Å². The number of anilines is 1. The Morgan fingerprint density at radius 3 is 2.31 bits per heavy atom. The monoisotopic (exact) mass is 271 g/mol. The van der Waals surface area contributed by atoms with Crippen LogP contribution in [0.15, 0.2) is 0 Å². The zero-order valence-electron chi connectivity index (χ0n) is 8.17. The highest BCUT2D eigenvalue weighted by molar-refractivity contribution is 6.99. The normalized spacial score (nSPS) is 19.1. The van der Waals surface area contributed by atoms with E-state index in [4.69, 9.17) is 11.6 Å². The molecule has 0 unspecified atom stereocenters. The quantitative estimate of drug-likeness (QED) is 0.786. The second-order valence-electron chi connectivity index (χ2n) is 3.68.